The van der Waals surface area contributed by atoms with E-state index in [1.165, 1.54) is 12.8 Å². The van der Waals surface area contributed by atoms with Crippen LogP contribution in [0.3, 0.4) is 0 Å². The fourth-order valence-corrected chi connectivity index (χ4v) is 2.46. The van der Waals surface area contributed by atoms with Crippen LogP contribution in [0.15, 0.2) is 0 Å². The van der Waals surface area contributed by atoms with E-state index < -0.39 is 11.6 Å². The Morgan fingerprint density at radius 2 is 2.13 bits per heavy atom. The van der Waals surface area contributed by atoms with Gasteiger partial charge in [-0.25, -0.2) is 0 Å². The summed E-state index contributed by atoms with van der Waals surface area (Å²) in [7, 11) is 0. The number of aliphatic hydroxyl groups is 1. The van der Waals surface area contributed by atoms with Crippen molar-refractivity contribution in [1.29, 1.82) is 0 Å². The van der Waals surface area contributed by atoms with Crippen molar-refractivity contribution in [2.75, 3.05) is 0 Å². The van der Waals surface area contributed by atoms with E-state index in [2.05, 4.69) is 6.92 Å². The van der Waals surface area contributed by atoms with Gasteiger partial charge in [0.25, 0.3) is 0 Å². The molecule has 0 aromatic rings. The van der Waals surface area contributed by atoms with Gasteiger partial charge in [-0.3, -0.25) is 4.79 Å². The summed E-state index contributed by atoms with van der Waals surface area (Å²) in [5, 5.41) is 18.9. The summed E-state index contributed by atoms with van der Waals surface area (Å²) in [6.45, 7) is 2.19. The van der Waals surface area contributed by atoms with E-state index >= 15 is 0 Å². The van der Waals surface area contributed by atoms with Gasteiger partial charge in [-0.2, -0.15) is 0 Å². The normalized spacial score (nSPS) is 32.3. The molecule has 1 fully saturated rings. The highest BCUT2D eigenvalue weighted by atomic mass is 16.4. The highest BCUT2D eigenvalue weighted by molar-refractivity contribution is 5.66. The predicted octanol–water partition coefficient (Wildman–Crippen LogP) is 2.57. The number of carboxylic acid groups (broad SMARTS) is 1. The SMILES string of the molecule is CCC1CCCC(O)(CCC(=O)O)CC1. The highest BCUT2D eigenvalue weighted by Crippen LogP contribution is 2.34. The summed E-state index contributed by atoms with van der Waals surface area (Å²) >= 11 is 0. The zero-order valence-corrected chi connectivity index (χ0v) is 9.54. The topological polar surface area (TPSA) is 57.5 Å². The molecular formula is C12H22O3. The molecule has 2 N–H and O–H groups in total. The number of rotatable bonds is 4. The number of carboxylic acids is 1. The molecule has 0 aromatic carbocycles. The molecule has 1 saturated carbocycles. The Kier molecular flexibility index (Phi) is 4.58. The van der Waals surface area contributed by atoms with Crippen LogP contribution in [-0.2, 0) is 4.79 Å². The summed E-state index contributed by atoms with van der Waals surface area (Å²) in [6.07, 6.45) is 6.50. The maximum absolute atomic E-state index is 10.5. The number of carbonyl (C=O) groups is 1. The Morgan fingerprint density at radius 1 is 1.40 bits per heavy atom. The molecule has 0 saturated heterocycles. The quantitative estimate of drug-likeness (QED) is 0.707. The molecule has 0 radical (unpaired) electrons. The fraction of sp³-hybridized carbons (Fsp3) is 0.917. The van der Waals surface area contributed by atoms with Gasteiger partial charge in [0.15, 0.2) is 0 Å². The lowest BCUT2D eigenvalue weighted by Crippen LogP contribution is -2.28. The van der Waals surface area contributed by atoms with Crippen molar-refractivity contribution in [3.05, 3.63) is 0 Å². The van der Waals surface area contributed by atoms with Crippen LogP contribution in [0, 0.1) is 5.92 Å². The molecule has 0 bridgehead atoms. The van der Waals surface area contributed by atoms with Gasteiger partial charge in [-0.1, -0.05) is 26.2 Å². The molecule has 88 valence electrons. The molecule has 3 nitrogen and oxygen atoms in total. The summed E-state index contributed by atoms with van der Waals surface area (Å²) < 4.78 is 0. The minimum Gasteiger partial charge on any atom is -0.481 e. The molecule has 0 amide bonds. The molecule has 1 aliphatic rings. The minimum atomic E-state index is -0.806. The van der Waals surface area contributed by atoms with Crippen LogP contribution < -0.4 is 0 Å². The van der Waals surface area contributed by atoms with Crippen molar-refractivity contribution in [2.24, 2.45) is 5.92 Å². The number of aliphatic carboxylic acids is 1. The minimum absolute atomic E-state index is 0.0906. The molecule has 3 heteroatoms. The van der Waals surface area contributed by atoms with Crippen molar-refractivity contribution in [2.45, 2.75) is 63.9 Å². The largest absolute Gasteiger partial charge is 0.481 e. The van der Waals surface area contributed by atoms with Gasteiger partial charge in [0.05, 0.1) is 5.60 Å². The second kappa shape index (κ2) is 5.50. The molecule has 0 aliphatic heterocycles. The Balaban J connectivity index is 2.42. The maximum atomic E-state index is 10.5. The van der Waals surface area contributed by atoms with E-state index in [-0.39, 0.29) is 6.42 Å². The number of hydrogen-bond donors (Lipinski definition) is 2. The van der Waals surface area contributed by atoms with Crippen LogP contribution >= 0.6 is 0 Å². The average molecular weight is 214 g/mol. The summed E-state index contributed by atoms with van der Waals surface area (Å²) in [6, 6.07) is 0. The smallest absolute Gasteiger partial charge is 0.303 e. The summed E-state index contributed by atoms with van der Waals surface area (Å²) in [5.41, 5.74) is -0.706. The molecule has 0 spiro atoms. The monoisotopic (exact) mass is 214 g/mol. The van der Waals surface area contributed by atoms with Gasteiger partial charge in [0, 0.05) is 6.42 Å². The first-order valence-electron chi connectivity index (χ1n) is 6.00. The highest BCUT2D eigenvalue weighted by Gasteiger charge is 2.30. The summed E-state index contributed by atoms with van der Waals surface area (Å²) in [5.74, 6) is -0.0800. The third-order valence-corrected chi connectivity index (χ3v) is 3.65. The van der Waals surface area contributed by atoms with E-state index in [4.69, 9.17) is 5.11 Å². The zero-order chi connectivity index (χ0) is 11.3. The molecule has 1 aliphatic carbocycles. The van der Waals surface area contributed by atoms with Gasteiger partial charge in [0.1, 0.15) is 0 Å². The van der Waals surface area contributed by atoms with E-state index in [9.17, 15) is 9.90 Å². The van der Waals surface area contributed by atoms with Gasteiger partial charge >= 0.3 is 5.97 Å². The first-order chi connectivity index (χ1) is 7.06. The van der Waals surface area contributed by atoms with Crippen LogP contribution in [0.4, 0.5) is 0 Å². The van der Waals surface area contributed by atoms with Crippen LogP contribution in [0.2, 0.25) is 0 Å². The first-order valence-corrected chi connectivity index (χ1v) is 6.00. The predicted molar refractivity (Wildman–Crippen MR) is 58.7 cm³/mol. The van der Waals surface area contributed by atoms with Gasteiger partial charge in [-0.05, 0) is 31.6 Å². The second-order valence-corrected chi connectivity index (χ2v) is 4.82. The third-order valence-electron chi connectivity index (χ3n) is 3.65. The van der Waals surface area contributed by atoms with Crippen molar-refractivity contribution in [1.82, 2.24) is 0 Å². The lowest BCUT2D eigenvalue weighted by Gasteiger charge is -2.25. The Morgan fingerprint density at radius 3 is 2.73 bits per heavy atom. The Bertz CT molecular complexity index is 215. The van der Waals surface area contributed by atoms with E-state index in [1.54, 1.807) is 0 Å². The van der Waals surface area contributed by atoms with Gasteiger partial charge < -0.3 is 10.2 Å². The fourth-order valence-electron chi connectivity index (χ4n) is 2.46. The van der Waals surface area contributed by atoms with Crippen LogP contribution in [-0.4, -0.2) is 21.8 Å². The van der Waals surface area contributed by atoms with Gasteiger partial charge in [0.2, 0.25) is 0 Å². The Hall–Kier alpha value is -0.570. The second-order valence-electron chi connectivity index (χ2n) is 4.82. The molecular weight excluding hydrogens is 192 g/mol. The molecule has 0 heterocycles. The van der Waals surface area contributed by atoms with Gasteiger partial charge in [-0.15, -0.1) is 0 Å². The van der Waals surface area contributed by atoms with Crippen molar-refractivity contribution >= 4 is 5.97 Å². The van der Waals surface area contributed by atoms with Crippen molar-refractivity contribution in [3.63, 3.8) is 0 Å². The molecule has 2 unspecified atom stereocenters. The van der Waals surface area contributed by atoms with Crippen LogP contribution in [0.1, 0.15) is 58.3 Å². The number of hydrogen-bond acceptors (Lipinski definition) is 2. The standard InChI is InChI=1S/C12H22O3/c1-2-10-4-3-7-12(15,8-5-10)9-6-11(13)14/h10,15H,2-9H2,1H3,(H,13,14). The summed E-state index contributed by atoms with van der Waals surface area (Å²) in [4.78, 5) is 10.5. The average Bonchev–Trinajstić information content (AvgIpc) is 2.38. The lowest BCUT2D eigenvalue weighted by atomic mass is 9.89. The molecule has 0 aromatic heterocycles. The third kappa shape index (κ3) is 4.20. The molecule has 1 rings (SSSR count). The maximum Gasteiger partial charge on any atom is 0.303 e. The van der Waals surface area contributed by atoms with Crippen molar-refractivity contribution < 1.29 is 15.0 Å². The zero-order valence-electron chi connectivity index (χ0n) is 9.54. The molecule has 2 atom stereocenters. The van der Waals surface area contributed by atoms with Crippen molar-refractivity contribution in [3.8, 4) is 0 Å². The van der Waals surface area contributed by atoms with E-state index in [0.717, 1.165) is 31.6 Å². The Labute approximate surface area is 91.5 Å². The lowest BCUT2D eigenvalue weighted by molar-refractivity contribution is -0.138. The van der Waals surface area contributed by atoms with E-state index in [1.807, 2.05) is 0 Å². The van der Waals surface area contributed by atoms with Crippen LogP contribution in [0.25, 0.3) is 0 Å². The van der Waals surface area contributed by atoms with E-state index in [0.29, 0.717) is 6.42 Å². The van der Waals surface area contributed by atoms with Crippen LogP contribution in [0.5, 0.6) is 0 Å². The molecule has 15 heavy (non-hydrogen) atoms. The first kappa shape index (κ1) is 12.5.